The number of benzene rings is 1. The molecule has 1 aromatic rings. The second-order valence-corrected chi connectivity index (χ2v) is 7.06. The molecule has 0 fully saturated rings. The first-order chi connectivity index (χ1) is 14.0. The second kappa shape index (κ2) is 14.1. The van der Waals surface area contributed by atoms with Crippen LogP contribution in [0.3, 0.4) is 0 Å². The molecule has 2 unspecified atom stereocenters. The number of methoxy groups -OCH3 is 2. The van der Waals surface area contributed by atoms with Crippen molar-refractivity contribution < 1.29 is 14.6 Å². The lowest BCUT2D eigenvalue weighted by atomic mass is 10.1. The Hall–Kier alpha value is -1.99. The van der Waals surface area contributed by atoms with Gasteiger partial charge in [0.2, 0.25) is 0 Å². The molecule has 0 aliphatic carbocycles. The zero-order valence-electron chi connectivity index (χ0n) is 19.0. The van der Waals surface area contributed by atoms with Gasteiger partial charge < -0.3 is 30.1 Å². The van der Waals surface area contributed by atoms with Crippen LogP contribution in [0.5, 0.6) is 11.5 Å². The minimum absolute atomic E-state index is 0.227. The molecule has 7 heteroatoms. The van der Waals surface area contributed by atoms with Crippen LogP contribution in [-0.4, -0.2) is 69.0 Å². The second-order valence-electron chi connectivity index (χ2n) is 7.06. The van der Waals surface area contributed by atoms with Gasteiger partial charge in [0.15, 0.2) is 5.96 Å². The number of hydrogen-bond acceptors (Lipinski definition) is 5. The third kappa shape index (κ3) is 8.92. The zero-order chi connectivity index (χ0) is 21.6. The van der Waals surface area contributed by atoms with Gasteiger partial charge in [0.1, 0.15) is 17.6 Å². The Labute approximate surface area is 176 Å². The fraction of sp³-hybridized carbons (Fsp3) is 0.682. The van der Waals surface area contributed by atoms with Gasteiger partial charge in [-0.3, -0.25) is 4.99 Å². The largest absolute Gasteiger partial charge is 0.497 e. The summed E-state index contributed by atoms with van der Waals surface area (Å²) in [5.74, 6) is 2.01. The first kappa shape index (κ1) is 25.0. The van der Waals surface area contributed by atoms with E-state index in [1.165, 1.54) is 0 Å². The van der Waals surface area contributed by atoms with Gasteiger partial charge in [-0.05, 0) is 64.5 Å². The summed E-state index contributed by atoms with van der Waals surface area (Å²) in [4.78, 5) is 7.01. The molecule has 0 spiro atoms. The van der Waals surface area contributed by atoms with Crippen molar-refractivity contribution in [1.29, 1.82) is 0 Å². The lowest BCUT2D eigenvalue weighted by Crippen LogP contribution is -2.42. The van der Waals surface area contributed by atoms with E-state index in [4.69, 9.17) is 9.47 Å². The number of rotatable bonds is 13. The molecule has 1 rings (SSSR count). The Kier molecular flexibility index (Phi) is 12.1. The Morgan fingerprint density at radius 1 is 1.17 bits per heavy atom. The number of aliphatic hydroxyl groups is 1. The van der Waals surface area contributed by atoms with Crippen molar-refractivity contribution in [3.8, 4) is 11.5 Å². The molecule has 0 heterocycles. The molecule has 0 amide bonds. The molecule has 29 heavy (non-hydrogen) atoms. The van der Waals surface area contributed by atoms with E-state index >= 15 is 0 Å². The highest BCUT2D eigenvalue weighted by Crippen LogP contribution is 2.29. The molecule has 7 nitrogen and oxygen atoms in total. The van der Waals surface area contributed by atoms with Crippen molar-refractivity contribution in [3.05, 3.63) is 23.8 Å². The molecular formula is C22H40N4O3. The average Bonchev–Trinajstić information content (AvgIpc) is 2.74. The minimum atomic E-state index is -0.784. The van der Waals surface area contributed by atoms with E-state index in [0.717, 1.165) is 39.0 Å². The van der Waals surface area contributed by atoms with E-state index < -0.39 is 6.10 Å². The maximum Gasteiger partial charge on any atom is 0.191 e. The van der Waals surface area contributed by atoms with E-state index in [2.05, 4.69) is 41.3 Å². The smallest absolute Gasteiger partial charge is 0.191 e. The maximum absolute atomic E-state index is 10.7. The van der Waals surface area contributed by atoms with Crippen LogP contribution >= 0.6 is 0 Å². The molecule has 0 saturated heterocycles. The first-order valence-corrected chi connectivity index (χ1v) is 10.7. The van der Waals surface area contributed by atoms with Crippen LogP contribution in [0.1, 0.15) is 52.2 Å². The van der Waals surface area contributed by atoms with Gasteiger partial charge in [-0.1, -0.05) is 13.8 Å². The Balaban J connectivity index is 2.69. The number of aliphatic imine (C=N–C) groups is 1. The summed E-state index contributed by atoms with van der Waals surface area (Å²) < 4.78 is 10.6. The summed E-state index contributed by atoms with van der Waals surface area (Å²) >= 11 is 0. The van der Waals surface area contributed by atoms with Gasteiger partial charge in [-0.2, -0.15) is 0 Å². The summed E-state index contributed by atoms with van der Waals surface area (Å²) in [7, 11) is 3.19. The minimum Gasteiger partial charge on any atom is -0.497 e. The van der Waals surface area contributed by atoms with Gasteiger partial charge >= 0.3 is 0 Å². The van der Waals surface area contributed by atoms with Crippen molar-refractivity contribution in [2.24, 2.45) is 4.99 Å². The number of hydrogen-bond donors (Lipinski definition) is 3. The van der Waals surface area contributed by atoms with Crippen LogP contribution in [0, 0.1) is 0 Å². The third-order valence-corrected chi connectivity index (χ3v) is 4.95. The molecule has 0 aromatic heterocycles. The third-order valence-electron chi connectivity index (χ3n) is 4.95. The fourth-order valence-electron chi connectivity index (χ4n) is 3.16. The van der Waals surface area contributed by atoms with E-state index in [0.29, 0.717) is 29.1 Å². The summed E-state index contributed by atoms with van der Waals surface area (Å²) in [6.45, 7) is 12.9. The van der Waals surface area contributed by atoms with Gasteiger partial charge in [0, 0.05) is 18.2 Å². The van der Waals surface area contributed by atoms with Crippen molar-refractivity contribution >= 4 is 5.96 Å². The van der Waals surface area contributed by atoms with Crippen LogP contribution in [0.2, 0.25) is 0 Å². The highest BCUT2D eigenvalue weighted by molar-refractivity contribution is 5.80. The molecule has 0 bridgehead atoms. The molecule has 2 atom stereocenters. The van der Waals surface area contributed by atoms with Gasteiger partial charge in [-0.25, -0.2) is 0 Å². The Bertz CT molecular complexity index is 606. The fourth-order valence-corrected chi connectivity index (χ4v) is 3.16. The molecule has 0 radical (unpaired) electrons. The van der Waals surface area contributed by atoms with Crippen molar-refractivity contribution in [1.82, 2.24) is 15.5 Å². The lowest BCUT2D eigenvalue weighted by molar-refractivity contribution is 0.182. The Morgan fingerprint density at radius 3 is 2.48 bits per heavy atom. The first-order valence-electron chi connectivity index (χ1n) is 10.7. The molecule has 3 N–H and O–H groups in total. The standard InChI is InChI=1S/C22H40N4O3/c1-7-23-22(25-17(4)11-10-14-26(8-2)9-3)24-16-20(27)19-15-18(28-5)12-13-21(19)29-6/h12-13,15,17,20,27H,7-11,14,16H2,1-6H3,(H2,23,24,25). The lowest BCUT2D eigenvalue weighted by Gasteiger charge is -2.21. The van der Waals surface area contributed by atoms with Crippen LogP contribution in [0.15, 0.2) is 23.2 Å². The molecular weight excluding hydrogens is 368 g/mol. The maximum atomic E-state index is 10.7. The number of guanidine groups is 1. The van der Waals surface area contributed by atoms with E-state index in [1.54, 1.807) is 26.4 Å². The normalized spacial score (nSPS) is 13.9. The average molecular weight is 409 g/mol. The van der Waals surface area contributed by atoms with Crippen LogP contribution in [-0.2, 0) is 0 Å². The molecule has 1 aromatic carbocycles. The van der Waals surface area contributed by atoms with E-state index in [1.807, 2.05) is 13.0 Å². The van der Waals surface area contributed by atoms with Crippen molar-refractivity contribution in [3.63, 3.8) is 0 Å². The number of ether oxygens (including phenoxy) is 2. The predicted molar refractivity (Wildman–Crippen MR) is 120 cm³/mol. The quantitative estimate of drug-likeness (QED) is 0.344. The molecule has 166 valence electrons. The van der Waals surface area contributed by atoms with Gasteiger partial charge in [0.25, 0.3) is 0 Å². The van der Waals surface area contributed by atoms with Gasteiger partial charge in [0.05, 0.1) is 20.8 Å². The topological polar surface area (TPSA) is 78.4 Å². The number of nitrogens with one attached hydrogen (secondary N) is 2. The summed E-state index contributed by atoms with van der Waals surface area (Å²) in [6, 6.07) is 5.69. The van der Waals surface area contributed by atoms with Crippen LogP contribution < -0.4 is 20.1 Å². The number of aliphatic hydroxyl groups excluding tert-OH is 1. The number of nitrogens with zero attached hydrogens (tertiary/aromatic N) is 2. The van der Waals surface area contributed by atoms with E-state index in [9.17, 15) is 5.11 Å². The highest BCUT2D eigenvalue weighted by atomic mass is 16.5. The predicted octanol–water partition coefficient (Wildman–Crippen LogP) is 2.80. The summed E-state index contributed by atoms with van der Waals surface area (Å²) in [5.41, 5.74) is 0.665. The molecule has 0 aliphatic heterocycles. The monoisotopic (exact) mass is 408 g/mol. The SMILES string of the molecule is CCNC(=NCC(O)c1cc(OC)ccc1OC)NC(C)CCCN(CC)CC. The van der Waals surface area contributed by atoms with Gasteiger partial charge in [-0.15, -0.1) is 0 Å². The summed E-state index contributed by atoms with van der Waals surface area (Å²) in [5, 5.41) is 17.4. The Morgan fingerprint density at radius 2 is 1.90 bits per heavy atom. The van der Waals surface area contributed by atoms with Crippen molar-refractivity contribution in [2.45, 2.75) is 52.7 Å². The van der Waals surface area contributed by atoms with Crippen LogP contribution in [0.4, 0.5) is 0 Å². The van der Waals surface area contributed by atoms with E-state index in [-0.39, 0.29) is 6.54 Å². The zero-order valence-corrected chi connectivity index (χ0v) is 19.0. The molecule has 0 aliphatic rings. The molecule has 0 saturated carbocycles. The summed E-state index contributed by atoms with van der Waals surface area (Å²) in [6.07, 6.45) is 1.42. The van der Waals surface area contributed by atoms with Crippen LogP contribution in [0.25, 0.3) is 0 Å². The van der Waals surface area contributed by atoms with Crippen molar-refractivity contribution in [2.75, 3.05) is 46.9 Å². The highest BCUT2D eigenvalue weighted by Gasteiger charge is 2.15.